The van der Waals surface area contributed by atoms with Crippen LogP contribution in [0.4, 0.5) is 4.79 Å². The molecule has 1 unspecified atom stereocenters. The second-order valence-electron chi connectivity index (χ2n) is 3.51. The lowest BCUT2D eigenvalue weighted by molar-refractivity contribution is -0.138. The Hall–Kier alpha value is -1.30. The van der Waals surface area contributed by atoms with Gasteiger partial charge in [-0.15, -0.1) is 0 Å². The Bertz CT molecular complexity index is 232. The van der Waals surface area contributed by atoms with Crippen molar-refractivity contribution in [2.45, 2.75) is 13.3 Å². The topological polar surface area (TPSA) is 81.7 Å². The molecule has 0 aliphatic carbocycles. The monoisotopic (exact) mass is 201 g/mol. The number of rotatable bonds is 4. The summed E-state index contributed by atoms with van der Waals surface area (Å²) in [6.45, 7) is 3.62. The molecule has 2 amide bonds. The summed E-state index contributed by atoms with van der Waals surface area (Å²) in [6.07, 6.45) is 0.0945. The number of amides is 2. The smallest absolute Gasteiger partial charge is 0.331 e. The van der Waals surface area contributed by atoms with E-state index in [-0.39, 0.29) is 18.4 Å². The number of aliphatic carboxylic acids is 1. The molecule has 1 saturated heterocycles. The number of nitrogens with zero attached hydrogens (tertiary/aromatic N) is 1. The average molecular weight is 201 g/mol. The molecule has 0 spiro atoms. The highest BCUT2D eigenvalue weighted by Gasteiger charge is 2.20. The third-order valence-electron chi connectivity index (χ3n) is 2.04. The fourth-order valence-electron chi connectivity index (χ4n) is 1.42. The number of carbonyl (C=O) groups excluding carboxylic acids is 1. The number of carboxylic acid groups (broad SMARTS) is 1. The van der Waals surface area contributed by atoms with Gasteiger partial charge in [-0.2, -0.15) is 0 Å². The number of nitrogens with one attached hydrogen (secondary N) is 2. The second-order valence-corrected chi connectivity index (χ2v) is 3.51. The molecule has 80 valence electrons. The van der Waals surface area contributed by atoms with Gasteiger partial charge in [-0.05, 0) is 5.92 Å². The van der Waals surface area contributed by atoms with Crippen molar-refractivity contribution in [3.63, 3.8) is 0 Å². The number of hydrazine groups is 1. The van der Waals surface area contributed by atoms with Crippen molar-refractivity contribution in [1.82, 2.24) is 15.8 Å². The van der Waals surface area contributed by atoms with Gasteiger partial charge >= 0.3 is 12.0 Å². The predicted octanol–water partition coefficient (Wildman–Crippen LogP) is -0.373. The minimum absolute atomic E-state index is 0.0173. The fourth-order valence-corrected chi connectivity index (χ4v) is 1.42. The number of carboxylic acids is 1. The highest BCUT2D eigenvalue weighted by atomic mass is 16.4. The SMILES string of the molecule is CC(CC(=O)O)CN1CCNNC1=O. The molecule has 6 heteroatoms. The van der Waals surface area contributed by atoms with E-state index in [1.165, 1.54) is 0 Å². The summed E-state index contributed by atoms with van der Waals surface area (Å²) in [5, 5.41) is 8.55. The van der Waals surface area contributed by atoms with Gasteiger partial charge in [0.2, 0.25) is 0 Å². The minimum Gasteiger partial charge on any atom is -0.481 e. The Morgan fingerprint density at radius 2 is 2.43 bits per heavy atom. The van der Waals surface area contributed by atoms with E-state index in [0.29, 0.717) is 19.6 Å². The molecule has 1 atom stereocenters. The Balaban J connectivity index is 2.34. The normalized spacial score (nSPS) is 18.9. The number of hydrogen-bond donors (Lipinski definition) is 3. The average Bonchev–Trinajstić information content (AvgIpc) is 2.07. The molecular formula is C8H15N3O3. The molecule has 6 nitrogen and oxygen atoms in total. The van der Waals surface area contributed by atoms with Crippen LogP contribution in [0, 0.1) is 5.92 Å². The lowest BCUT2D eigenvalue weighted by Crippen LogP contribution is -2.56. The fraction of sp³-hybridized carbons (Fsp3) is 0.750. The van der Waals surface area contributed by atoms with Crippen LogP contribution >= 0.6 is 0 Å². The lowest BCUT2D eigenvalue weighted by Gasteiger charge is -2.29. The first-order valence-corrected chi connectivity index (χ1v) is 4.59. The van der Waals surface area contributed by atoms with Gasteiger partial charge in [0.25, 0.3) is 0 Å². The second kappa shape index (κ2) is 4.80. The maximum Gasteiger partial charge on any atom is 0.331 e. The summed E-state index contributed by atoms with van der Waals surface area (Å²) in [4.78, 5) is 23.2. The van der Waals surface area contributed by atoms with Gasteiger partial charge in [0.15, 0.2) is 0 Å². The number of hydrogen-bond acceptors (Lipinski definition) is 3. The molecule has 1 fully saturated rings. The lowest BCUT2D eigenvalue weighted by atomic mass is 10.1. The molecule has 1 rings (SSSR count). The Morgan fingerprint density at radius 1 is 1.71 bits per heavy atom. The molecule has 0 aromatic carbocycles. The van der Waals surface area contributed by atoms with Crippen molar-refractivity contribution >= 4 is 12.0 Å². The van der Waals surface area contributed by atoms with Gasteiger partial charge in [-0.1, -0.05) is 6.92 Å². The van der Waals surface area contributed by atoms with Crippen LogP contribution in [-0.2, 0) is 4.79 Å². The molecule has 1 aliphatic heterocycles. The Kier molecular flexibility index (Phi) is 3.70. The van der Waals surface area contributed by atoms with Gasteiger partial charge in [0, 0.05) is 26.1 Å². The van der Waals surface area contributed by atoms with Gasteiger partial charge in [-0.3, -0.25) is 10.2 Å². The molecule has 1 aliphatic rings. The van der Waals surface area contributed by atoms with Crippen molar-refractivity contribution < 1.29 is 14.7 Å². The van der Waals surface area contributed by atoms with Crippen LogP contribution in [0.1, 0.15) is 13.3 Å². The summed E-state index contributed by atoms with van der Waals surface area (Å²) >= 11 is 0. The summed E-state index contributed by atoms with van der Waals surface area (Å²) < 4.78 is 0. The van der Waals surface area contributed by atoms with E-state index in [0.717, 1.165) is 0 Å². The van der Waals surface area contributed by atoms with Crippen LogP contribution in [0.2, 0.25) is 0 Å². The van der Waals surface area contributed by atoms with E-state index >= 15 is 0 Å². The summed E-state index contributed by atoms with van der Waals surface area (Å²) in [5.74, 6) is -0.843. The van der Waals surface area contributed by atoms with Crippen molar-refractivity contribution in [2.24, 2.45) is 5.92 Å². The predicted molar refractivity (Wildman–Crippen MR) is 49.5 cm³/mol. The van der Waals surface area contributed by atoms with E-state index < -0.39 is 5.97 Å². The number of urea groups is 1. The molecule has 1 heterocycles. The third-order valence-corrected chi connectivity index (χ3v) is 2.04. The Labute approximate surface area is 82.2 Å². The van der Waals surface area contributed by atoms with Gasteiger partial charge < -0.3 is 10.0 Å². The number of carbonyl (C=O) groups is 2. The van der Waals surface area contributed by atoms with Crippen LogP contribution in [0.15, 0.2) is 0 Å². The molecule has 0 aromatic heterocycles. The summed E-state index contributed by atoms with van der Waals surface area (Å²) in [7, 11) is 0. The first-order chi connectivity index (χ1) is 6.59. The van der Waals surface area contributed by atoms with E-state index in [1.807, 2.05) is 6.92 Å². The Morgan fingerprint density at radius 3 is 3.00 bits per heavy atom. The van der Waals surface area contributed by atoms with E-state index in [2.05, 4.69) is 10.9 Å². The van der Waals surface area contributed by atoms with Crippen molar-refractivity contribution in [3.8, 4) is 0 Å². The molecule has 0 aromatic rings. The minimum atomic E-state index is -0.826. The van der Waals surface area contributed by atoms with Crippen molar-refractivity contribution in [2.75, 3.05) is 19.6 Å². The maximum atomic E-state index is 11.2. The highest BCUT2D eigenvalue weighted by Crippen LogP contribution is 2.05. The van der Waals surface area contributed by atoms with Crippen LogP contribution in [0.5, 0.6) is 0 Å². The zero-order valence-corrected chi connectivity index (χ0v) is 8.12. The zero-order chi connectivity index (χ0) is 10.6. The first kappa shape index (κ1) is 10.8. The quantitative estimate of drug-likeness (QED) is 0.579. The molecule has 14 heavy (non-hydrogen) atoms. The standard InChI is InChI=1S/C8H15N3O3/c1-6(4-7(12)13)5-11-3-2-9-10-8(11)14/h6,9H,2-5H2,1H3,(H,10,14)(H,12,13). The van der Waals surface area contributed by atoms with Crippen molar-refractivity contribution in [1.29, 1.82) is 0 Å². The van der Waals surface area contributed by atoms with Gasteiger partial charge in [-0.25, -0.2) is 10.2 Å². The van der Waals surface area contributed by atoms with Crippen LogP contribution in [0.25, 0.3) is 0 Å². The highest BCUT2D eigenvalue weighted by molar-refractivity contribution is 5.74. The van der Waals surface area contributed by atoms with Crippen LogP contribution in [-0.4, -0.2) is 41.6 Å². The largest absolute Gasteiger partial charge is 0.481 e. The van der Waals surface area contributed by atoms with Crippen molar-refractivity contribution in [3.05, 3.63) is 0 Å². The van der Waals surface area contributed by atoms with E-state index in [1.54, 1.807) is 4.90 Å². The maximum absolute atomic E-state index is 11.2. The zero-order valence-electron chi connectivity index (χ0n) is 8.12. The molecule has 0 bridgehead atoms. The molecule has 0 saturated carbocycles. The summed E-state index contributed by atoms with van der Waals surface area (Å²) in [5.41, 5.74) is 5.20. The first-order valence-electron chi connectivity index (χ1n) is 4.59. The third kappa shape index (κ3) is 3.21. The van der Waals surface area contributed by atoms with Crippen LogP contribution in [0.3, 0.4) is 0 Å². The van der Waals surface area contributed by atoms with E-state index in [4.69, 9.17) is 5.11 Å². The molecular weight excluding hydrogens is 186 g/mol. The van der Waals surface area contributed by atoms with Crippen LogP contribution < -0.4 is 10.9 Å². The molecule has 0 radical (unpaired) electrons. The summed E-state index contributed by atoms with van der Waals surface area (Å²) in [6, 6.07) is -0.187. The van der Waals surface area contributed by atoms with Gasteiger partial charge in [0.1, 0.15) is 0 Å². The van der Waals surface area contributed by atoms with E-state index in [9.17, 15) is 9.59 Å². The van der Waals surface area contributed by atoms with Gasteiger partial charge in [0.05, 0.1) is 0 Å². The molecule has 3 N–H and O–H groups in total.